The van der Waals surface area contributed by atoms with E-state index in [4.69, 9.17) is 18.8 Å². The van der Waals surface area contributed by atoms with E-state index >= 15 is 0 Å². The first kappa shape index (κ1) is 31.9. The average molecular weight is 743 g/mol. The molecule has 3 atom stereocenters. The molecule has 0 spiro atoms. The molecule has 3 unspecified atom stereocenters. The lowest BCUT2D eigenvalue weighted by Gasteiger charge is -2.21. The molecular formula is C54H34N2O2. The Bertz CT molecular complexity index is 3570. The first-order valence-corrected chi connectivity index (χ1v) is 20.1. The van der Waals surface area contributed by atoms with Crippen LogP contribution in [0.25, 0.3) is 87.3 Å². The molecule has 4 nitrogen and oxygen atoms in total. The van der Waals surface area contributed by atoms with Crippen molar-refractivity contribution in [3.63, 3.8) is 0 Å². The maximum Gasteiger partial charge on any atom is 0.155 e. The fourth-order valence-electron chi connectivity index (χ4n) is 10.2. The molecule has 1 aliphatic carbocycles. The lowest BCUT2D eigenvalue weighted by atomic mass is 9.92. The van der Waals surface area contributed by atoms with Crippen molar-refractivity contribution in [1.82, 2.24) is 0 Å². The third-order valence-electron chi connectivity index (χ3n) is 13.1. The van der Waals surface area contributed by atoms with Gasteiger partial charge in [0.2, 0.25) is 0 Å². The minimum absolute atomic E-state index is 0.116. The molecule has 0 N–H and O–H groups in total. The van der Waals surface area contributed by atoms with Gasteiger partial charge >= 0.3 is 0 Å². The summed E-state index contributed by atoms with van der Waals surface area (Å²) in [5.41, 5.74) is 9.70. The SMILES string of the molecule is CC1C2C(c3ccc4c(c3)oc3ccccc34)=NC(c3ccccc3)=NC12c1ccc2oc3cc(-c4ccc5c6ccccc6c6ccccc6c5c4)ccc3c2c1. The Labute approximate surface area is 333 Å². The highest BCUT2D eigenvalue weighted by Gasteiger charge is 2.67. The maximum atomic E-state index is 6.62. The molecule has 2 aromatic heterocycles. The van der Waals surface area contributed by atoms with Crippen molar-refractivity contribution in [3.8, 4) is 11.1 Å². The van der Waals surface area contributed by atoms with E-state index in [1.54, 1.807) is 0 Å². The largest absolute Gasteiger partial charge is 0.456 e. The van der Waals surface area contributed by atoms with Gasteiger partial charge in [-0.05, 0) is 103 Å². The van der Waals surface area contributed by atoms with E-state index in [0.29, 0.717) is 0 Å². The van der Waals surface area contributed by atoms with Crippen LogP contribution in [0.4, 0.5) is 0 Å². The Morgan fingerprint density at radius 2 is 0.914 bits per heavy atom. The van der Waals surface area contributed by atoms with Gasteiger partial charge in [0.15, 0.2) is 5.84 Å². The van der Waals surface area contributed by atoms with Crippen LogP contribution in [0.15, 0.2) is 195 Å². The van der Waals surface area contributed by atoms with Crippen LogP contribution in [0.5, 0.6) is 0 Å². The first-order valence-electron chi connectivity index (χ1n) is 20.1. The van der Waals surface area contributed by atoms with Gasteiger partial charge in [0.25, 0.3) is 0 Å². The molecule has 1 fully saturated rings. The number of hydrogen-bond donors (Lipinski definition) is 0. The smallest absolute Gasteiger partial charge is 0.155 e. The van der Waals surface area contributed by atoms with Crippen LogP contribution in [0.3, 0.4) is 0 Å². The van der Waals surface area contributed by atoms with E-state index in [1.807, 2.05) is 18.2 Å². The Balaban J connectivity index is 0.926. The highest BCUT2D eigenvalue weighted by atomic mass is 16.3. The van der Waals surface area contributed by atoms with Gasteiger partial charge in [0.1, 0.15) is 27.9 Å². The number of hydrogen-bond acceptors (Lipinski definition) is 4. The summed E-state index contributed by atoms with van der Waals surface area (Å²) >= 11 is 0. The van der Waals surface area contributed by atoms with Crippen molar-refractivity contribution in [1.29, 1.82) is 0 Å². The van der Waals surface area contributed by atoms with Gasteiger partial charge in [-0.25, -0.2) is 4.99 Å². The standard InChI is InChI=1S/C54H34N2O2/c1-31-51-52(35-21-25-43-42-17-9-10-18-47(42)57-50(43)29-35)55-53(32-11-3-2-4-12-32)56-54(31,51)36-22-26-48-46(30-36)44-24-20-34(28-49(44)58-48)33-19-23-41-39-15-6-5-13-37(39)38-14-7-8-16-40(38)45(41)27-33/h2-31,51H,1H3. The molecular weight excluding hydrogens is 709 g/mol. The number of fused-ring (bicyclic) bond motifs is 13. The summed E-state index contributed by atoms with van der Waals surface area (Å²) in [6, 6.07) is 62.8. The molecule has 272 valence electrons. The van der Waals surface area contributed by atoms with Gasteiger partial charge in [-0.15, -0.1) is 0 Å². The van der Waals surface area contributed by atoms with Crippen LogP contribution in [0.1, 0.15) is 23.6 Å². The Kier molecular flexibility index (Phi) is 6.38. The molecule has 11 aromatic rings. The number of aliphatic imine (C=N–C) groups is 2. The molecule has 9 aromatic carbocycles. The summed E-state index contributed by atoms with van der Waals surface area (Å²) in [4.78, 5) is 10.9. The van der Waals surface area contributed by atoms with Crippen molar-refractivity contribution in [2.24, 2.45) is 21.8 Å². The molecule has 58 heavy (non-hydrogen) atoms. The van der Waals surface area contributed by atoms with Crippen molar-refractivity contribution in [3.05, 3.63) is 193 Å². The zero-order valence-corrected chi connectivity index (χ0v) is 31.6. The molecule has 0 radical (unpaired) electrons. The Morgan fingerprint density at radius 1 is 0.397 bits per heavy atom. The molecule has 13 rings (SSSR count). The fraction of sp³-hybridized carbons (Fsp3) is 0.0741. The second-order valence-corrected chi connectivity index (χ2v) is 16.1. The van der Waals surface area contributed by atoms with E-state index in [9.17, 15) is 0 Å². The van der Waals surface area contributed by atoms with Crippen molar-refractivity contribution in [2.75, 3.05) is 0 Å². The van der Waals surface area contributed by atoms with Gasteiger partial charge in [0, 0.05) is 38.6 Å². The molecule has 2 aliphatic rings. The van der Waals surface area contributed by atoms with Crippen LogP contribution in [0.2, 0.25) is 0 Å². The number of rotatable bonds is 4. The van der Waals surface area contributed by atoms with Crippen LogP contribution in [-0.2, 0) is 5.54 Å². The summed E-state index contributed by atoms with van der Waals surface area (Å²) < 4.78 is 13.0. The quantitative estimate of drug-likeness (QED) is 0.169. The summed E-state index contributed by atoms with van der Waals surface area (Å²) in [5.74, 6) is 1.12. The van der Waals surface area contributed by atoms with E-state index < -0.39 is 5.54 Å². The zero-order chi connectivity index (χ0) is 38.1. The average Bonchev–Trinajstić information content (AvgIpc) is 3.53. The number of para-hydroxylation sites is 1. The minimum Gasteiger partial charge on any atom is -0.456 e. The predicted octanol–water partition coefficient (Wildman–Crippen LogP) is 14.0. The number of nitrogens with zero attached hydrogens (tertiary/aromatic N) is 2. The summed E-state index contributed by atoms with van der Waals surface area (Å²) in [5, 5.41) is 12.1. The zero-order valence-electron chi connectivity index (χ0n) is 31.6. The fourth-order valence-corrected chi connectivity index (χ4v) is 10.2. The maximum absolute atomic E-state index is 6.62. The van der Waals surface area contributed by atoms with Crippen LogP contribution < -0.4 is 0 Å². The topological polar surface area (TPSA) is 51.0 Å². The molecule has 0 amide bonds. The summed E-state index contributed by atoms with van der Waals surface area (Å²) in [6.45, 7) is 2.32. The van der Waals surface area contributed by atoms with E-state index in [-0.39, 0.29) is 11.8 Å². The highest BCUT2D eigenvalue weighted by Crippen LogP contribution is 2.64. The van der Waals surface area contributed by atoms with E-state index in [2.05, 4.69) is 165 Å². The summed E-state index contributed by atoms with van der Waals surface area (Å²) in [6.07, 6.45) is 0. The van der Waals surface area contributed by atoms with Crippen molar-refractivity contribution >= 4 is 87.7 Å². The Morgan fingerprint density at radius 3 is 1.64 bits per heavy atom. The third-order valence-corrected chi connectivity index (χ3v) is 13.1. The van der Waals surface area contributed by atoms with Gasteiger partial charge in [-0.3, -0.25) is 4.99 Å². The normalized spacial score (nSPS) is 19.1. The minimum atomic E-state index is -0.457. The number of benzene rings is 9. The van der Waals surface area contributed by atoms with Gasteiger partial charge in [-0.2, -0.15) is 0 Å². The molecule has 0 bridgehead atoms. The highest BCUT2D eigenvalue weighted by molar-refractivity contribution is 6.26. The third kappa shape index (κ3) is 4.40. The van der Waals surface area contributed by atoms with E-state index in [1.165, 1.54) is 43.4 Å². The number of furan rings is 2. The second kappa shape index (κ2) is 11.6. The van der Waals surface area contributed by atoms with Crippen LogP contribution >= 0.6 is 0 Å². The number of amidine groups is 1. The van der Waals surface area contributed by atoms with Crippen molar-refractivity contribution < 1.29 is 8.83 Å². The molecule has 1 saturated carbocycles. The molecule has 4 heteroatoms. The molecule has 1 aliphatic heterocycles. The first-order chi connectivity index (χ1) is 28.6. The van der Waals surface area contributed by atoms with Crippen molar-refractivity contribution in [2.45, 2.75) is 12.5 Å². The predicted molar refractivity (Wildman–Crippen MR) is 239 cm³/mol. The lowest BCUT2D eigenvalue weighted by Crippen LogP contribution is -2.23. The van der Waals surface area contributed by atoms with Crippen LogP contribution in [0, 0.1) is 11.8 Å². The van der Waals surface area contributed by atoms with Gasteiger partial charge < -0.3 is 8.83 Å². The molecule has 0 saturated heterocycles. The second-order valence-electron chi connectivity index (χ2n) is 16.1. The van der Waals surface area contributed by atoms with E-state index in [0.717, 1.165) is 72.1 Å². The summed E-state index contributed by atoms with van der Waals surface area (Å²) in [7, 11) is 0. The lowest BCUT2D eigenvalue weighted by molar-refractivity contribution is 0.652. The van der Waals surface area contributed by atoms with Crippen LogP contribution in [-0.4, -0.2) is 11.5 Å². The Hall–Kier alpha value is -7.30. The van der Waals surface area contributed by atoms with Gasteiger partial charge in [-0.1, -0.05) is 134 Å². The monoisotopic (exact) mass is 742 g/mol. The van der Waals surface area contributed by atoms with Gasteiger partial charge in [0.05, 0.1) is 5.71 Å². The molecule has 3 heterocycles.